The summed E-state index contributed by atoms with van der Waals surface area (Å²) < 4.78 is 0. The van der Waals surface area contributed by atoms with E-state index in [1.165, 1.54) is 0 Å². The Labute approximate surface area is 92.3 Å². The Hall–Kier alpha value is -1.09. The van der Waals surface area contributed by atoms with E-state index in [9.17, 15) is 0 Å². The molecule has 0 amide bonds. The van der Waals surface area contributed by atoms with Gasteiger partial charge in [-0.3, -0.25) is 0 Å². The van der Waals surface area contributed by atoms with Crippen molar-refractivity contribution < 1.29 is 0 Å². The molecule has 0 saturated carbocycles. The molecule has 0 radical (unpaired) electrons. The lowest BCUT2D eigenvalue weighted by Gasteiger charge is -2.35. The second kappa shape index (κ2) is 4.62. The van der Waals surface area contributed by atoms with Crippen LogP contribution in [0.3, 0.4) is 0 Å². The van der Waals surface area contributed by atoms with Crippen molar-refractivity contribution in [3.05, 3.63) is 23.9 Å². The molecule has 15 heavy (non-hydrogen) atoms. The van der Waals surface area contributed by atoms with E-state index in [1.807, 2.05) is 12.3 Å². The van der Waals surface area contributed by atoms with Gasteiger partial charge in [0, 0.05) is 25.3 Å². The molecule has 1 rings (SSSR count). The fourth-order valence-corrected chi connectivity index (χ4v) is 1.32. The van der Waals surface area contributed by atoms with Crippen LogP contribution in [0.1, 0.15) is 32.8 Å². The van der Waals surface area contributed by atoms with Crippen LogP contribution in [0.2, 0.25) is 0 Å². The standard InChI is InChI=1S/C12H21N3/c1-5-12(2,3)15(4)11-8-10(9-13)6-7-14-11/h6-8H,5,9,13H2,1-4H3. The molecular weight excluding hydrogens is 186 g/mol. The Kier molecular flexibility index (Phi) is 3.69. The fourth-order valence-electron chi connectivity index (χ4n) is 1.32. The average molecular weight is 207 g/mol. The van der Waals surface area contributed by atoms with Gasteiger partial charge in [-0.15, -0.1) is 0 Å². The number of hydrogen-bond acceptors (Lipinski definition) is 3. The monoisotopic (exact) mass is 207 g/mol. The van der Waals surface area contributed by atoms with Crippen LogP contribution in [0, 0.1) is 0 Å². The quantitative estimate of drug-likeness (QED) is 0.822. The summed E-state index contributed by atoms with van der Waals surface area (Å²) in [6.45, 7) is 7.17. The maximum absolute atomic E-state index is 5.61. The third-order valence-corrected chi connectivity index (χ3v) is 3.16. The summed E-state index contributed by atoms with van der Waals surface area (Å²) in [4.78, 5) is 6.57. The van der Waals surface area contributed by atoms with Crippen molar-refractivity contribution in [2.75, 3.05) is 11.9 Å². The highest BCUT2D eigenvalue weighted by molar-refractivity contribution is 5.42. The van der Waals surface area contributed by atoms with Gasteiger partial charge in [0.1, 0.15) is 5.82 Å². The second-order valence-corrected chi connectivity index (χ2v) is 4.45. The van der Waals surface area contributed by atoms with Crippen LogP contribution in [0.5, 0.6) is 0 Å². The molecular formula is C12H21N3. The normalized spacial score (nSPS) is 11.5. The van der Waals surface area contributed by atoms with Crippen LogP contribution < -0.4 is 10.6 Å². The predicted octanol–water partition coefficient (Wildman–Crippen LogP) is 2.17. The van der Waals surface area contributed by atoms with Gasteiger partial charge in [-0.25, -0.2) is 4.98 Å². The first-order valence-corrected chi connectivity index (χ1v) is 5.40. The number of pyridine rings is 1. The molecule has 0 aliphatic carbocycles. The van der Waals surface area contributed by atoms with E-state index in [0.29, 0.717) is 6.54 Å². The molecule has 3 nitrogen and oxygen atoms in total. The number of aromatic nitrogens is 1. The second-order valence-electron chi connectivity index (χ2n) is 4.45. The summed E-state index contributed by atoms with van der Waals surface area (Å²) in [5.41, 5.74) is 6.86. The number of hydrogen-bond donors (Lipinski definition) is 1. The van der Waals surface area contributed by atoms with Gasteiger partial charge >= 0.3 is 0 Å². The van der Waals surface area contributed by atoms with E-state index in [2.05, 4.69) is 43.8 Å². The van der Waals surface area contributed by atoms with Crippen LogP contribution in [-0.2, 0) is 6.54 Å². The maximum atomic E-state index is 5.61. The first-order chi connectivity index (χ1) is 7.01. The third kappa shape index (κ3) is 2.69. The minimum absolute atomic E-state index is 0.125. The summed E-state index contributed by atoms with van der Waals surface area (Å²) in [5, 5.41) is 0. The van der Waals surface area contributed by atoms with Crippen LogP contribution in [0.15, 0.2) is 18.3 Å². The van der Waals surface area contributed by atoms with E-state index >= 15 is 0 Å². The van der Waals surface area contributed by atoms with Crippen LogP contribution in [-0.4, -0.2) is 17.6 Å². The lowest BCUT2D eigenvalue weighted by Crippen LogP contribution is -2.41. The number of nitrogens with zero attached hydrogens (tertiary/aromatic N) is 2. The number of nitrogens with two attached hydrogens (primary N) is 1. The molecule has 0 atom stereocenters. The zero-order valence-corrected chi connectivity index (χ0v) is 10.1. The van der Waals surface area contributed by atoms with Gasteiger partial charge in [0.25, 0.3) is 0 Å². The fraction of sp³-hybridized carbons (Fsp3) is 0.583. The van der Waals surface area contributed by atoms with E-state index in [1.54, 1.807) is 0 Å². The molecule has 1 heterocycles. The topological polar surface area (TPSA) is 42.1 Å². The molecule has 1 aromatic rings. The first-order valence-electron chi connectivity index (χ1n) is 5.40. The summed E-state index contributed by atoms with van der Waals surface area (Å²) in [7, 11) is 2.08. The summed E-state index contributed by atoms with van der Waals surface area (Å²) >= 11 is 0. The van der Waals surface area contributed by atoms with Gasteiger partial charge in [-0.1, -0.05) is 6.92 Å². The Balaban J connectivity index is 2.95. The summed E-state index contributed by atoms with van der Waals surface area (Å²) in [6, 6.07) is 4.01. The Bertz CT molecular complexity index is 320. The Morgan fingerprint density at radius 3 is 2.67 bits per heavy atom. The molecule has 0 aliphatic rings. The molecule has 3 heteroatoms. The first kappa shape index (κ1) is 12.0. The van der Waals surface area contributed by atoms with Crippen LogP contribution >= 0.6 is 0 Å². The van der Waals surface area contributed by atoms with Gasteiger partial charge in [-0.2, -0.15) is 0 Å². The minimum Gasteiger partial charge on any atom is -0.355 e. The van der Waals surface area contributed by atoms with E-state index < -0.39 is 0 Å². The van der Waals surface area contributed by atoms with Gasteiger partial charge in [-0.05, 0) is 38.0 Å². The summed E-state index contributed by atoms with van der Waals surface area (Å²) in [6.07, 6.45) is 2.90. The zero-order chi connectivity index (χ0) is 11.5. The molecule has 0 unspecified atom stereocenters. The molecule has 0 aromatic carbocycles. The highest BCUT2D eigenvalue weighted by Gasteiger charge is 2.22. The van der Waals surface area contributed by atoms with Crippen LogP contribution in [0.4, 0.5) is 5.82 Å². The SMILES string of the molecule is CCC(C)(C)N(C)c1cc(CN)ccn1. The highest BCUT2D eigenvalue weighted by Crippen LogP contribution is 2.23. The molecule has 0 saturated heterocycles. The molecule has 84 valence electrons. The lowest BCUT2D eigenvalue weighted by molar-refractivity contribution is 0.467. The smallest absolute Gasteiger partial charge is 0.128 e. The van der Waals surface area contributed by atoms with Gasteiger partial charge < -0.3 is 10.6 Å². The maximum Gasteiger partial charge on any atom is 0.128 e. The summed E-state index contributed by atoms with van der Waals surface area (Å²) in [5.74, 6) is 0.991. The van der Waals surface area contributed by atoms with E-state index in [4.69, 9.17) is 5.73 Å². The molecule has 1 aromatic heterocycles. The van der Waals surface area contributed by atoms with E-state index in [0.717, 1.165) is 17.8 Å². The Morgan fingerprint density at radius 2 is 2.13 bits per heavy atom. The van der Waals surface area contributed by atoms with Gasteiger partial charge in [0.05, 0.1) is 0 Å². The van der Waals surface area contributed by atoms with E-state index in [-0.39, 0.29) is 5.54 Å². The highest BCUT2D eigenvalue weighted by atomic mass is 15.2. The molecule has 0 aliphatic heterocycles. The van der Waals surface area contributed by atoms with Crippen molar-refractivity contribution in [3.8, 4) is 0 Å². The van der Waals surface area contributed by atoms with Crippen molar-refractivity contribution in [1.82, 2.24) is 4.98 Å². The predicted molar refractivity (Wildman–Crippen MR) is 64.9 cm³/mol. The molecule has 0 bridgehead atoms. The van der Waals surface area contributed by atoms with Crippen molar-refractivity contribution in [2.24, 2.45) is 5.73 Å². The van der Waals surface area contributed by atoms with Gasteiger partial charge in [0.15, 0.2) is 0 Å². The van der Waals surface area contributed by atoms with Crippen molar-refractivity contribution in [1.29, 1.82) is 0 Å². The third-order valence-electron chi connectivity index (χ3n) is 3.16. The van der Waals surface area contributed by atoms with Crippen LogP contribution in [0.25, 0.3) is 0 Å². The largest absolute Gasteiger partial charge is 0.355 e. The number of rotatable bonds is 4. The minimum atomic E-state index is 0.125. The van der Waals surface area contributed by atoms with Crippen molar-refractivity contribution in [2.45, 2.75) is 39.3 Å². The van der Waals surface area contributed by atoms with Crippen molar-refractivity contribution in [3.63, 3.8) is 0 Å². The Morgan fingerprint density at radius 1 is 1.47 bits per heavy atom. The molecule has 0 spiro atoms. The molecule has 0 fully saturated rings. The van der Waals surface area contributed by atoms with Gasteiger partial charge in [0.2, 0.25) is 0 Å². The number of anilines is 1. The lowest BCUT2D eigenvalue weighted by atomic mass is 10.00. The zero-order valence-electron chi connectivity index (χ0n) is 10.1. The van der Waals surface area contributed by atoms with Crippen molar-refractivity contribution >= 4 is 5.82 Å². The molecule has 2 N–H and O–H groups in total. The average Bonchev–Trinajstić information content (AvgIpc) is 2.28.